The fourth-order valence-corrected chi connectivity index (χ4v) is 4.68. The maximum absolute atomic E-state index is 9.77. The average molecular weight is 604 g/mol. The molecule has 1 fully saturated rings. The number of hydrogen-bond acceptors (Lipinski definition) is 11. The summed E-state index contributed by atoms with van der Waals surface area (Å²) in [7, 11) is 3.34. The summed E-state index contributed by atoms with van der Waals surface area (Å²) >= 11 is 14.2. The molecule has 10 nitrogen and oxygen atoms in total. The van der Waals surface area contributed by atoms with Gasteiger partial charge in [-0.3, -0.25) is 10.4 Å². The van der Waals surface area contributed by atoms with Crippen LogP contribution < -0.4 is 31.2 Å². The summed E-state index contributed by atoms with van der Waals surface area (Å²) in [6.07, 6.45) is 8.59. The molecule has 0 atom stereocenters. The van der Waals surface area contributed by atoms with E-state index in [0.717, 1.165) is 0 Å². The number of ether oxygens (including phenoxy) is 2. The molecule has 0 amide bonds. The number of halogens is 2. The fraction of sp³-hybridized carbons (Fsp3) is 0.333. The molecule has 1 aliphatic heterocycles. The van der Waals surface area contributed by atoms with Gasteiger partial charge in [0.25, 0.3) is 0 Å². The van der Waals surface area contributed by atoms with Crippen LogP contribution in [0.4, 0.5) is 11.5 Å². The Balaban J connectivity index is 0.00000141. The number of aromatic nitrogens is 2. The molecule has 13 heteroatoms. The molecule has 1 aromatic carbocycles. The van der Waals surface area contributed by atoms with Gasteiger partial charge in [-0.2, -0.15) is 17.0 Å². The Kier molecular flexibility index (Phi) is 10.8. The Bertz CT molecular complexity index is 1390. The van der Waals surface area contributed by atoms with Crippen LogP contribution in [0.5, 0.6) is 11.5 Å². The van der Waals surface area contributed by atoms with Crippen molar-refractivity contribution in [1.82, 2.24) is 15.3 Å². The van der Waals surface area contributed by atoms with E-state index in [2.05, 4.69) is 21.4 Å². The van der Waals surface area contributed by atoms with Crippen molar-refractivity contribution in [2.75, 3.05) is 56.9 Å². The molecule has 0 saturated carbocycles. The number of anilines is 2. The fourth-order valence-electron chi connectivity index (χ4n) is 4.20. The van der Waals surface area contributed by atoms with Crippen molar-refractivity contribution in [2.24, 2.45) is 5.73 Å². The first-order valence-electron chi connectivity index (χ1n) is 12.1. The lowest BCUT2D eigenvalue weighted by Gasteiger charge is -2.48. The van der Waals surface area contributed by atoms with Crippen molar-refractivity contribution in [2.45, 2.75) is 12.1 Å². The van der Waals surface area contributed by atoms with E-state index in [4.69, 9.17) is 49.6 Å². The van der Waals surface area contributed by atoms with E-state index in [1.54, 1.807) is 36.2 Å². The molecular formula is C27H32Cl2N8O2S. The highest BCUT2D eigenvalue weighted by Gasteiger charge is 2.40. The molecule has 3 heterocycles. The number of nitrogens with zero attached hydrogens (tertiary/aromatic N) is 4. The van der Waals surface area contributed by atoms with Crippen molar-refractivity contribution in [3.63, 3.8) is 0 Å². The molecular weight excluding hydrogens is 571 g/mol. The zero-order chi connectivity index (χ0) is 29.4. The van der Waals surface area contributed by atoms with Gasteiger partial charge in [0.1, 0.15) is 18.5 Å². The number of benzene rings is 1. The van der Waals surface area contributed by atoms with E-state index in [-0.39, 0.29) is 17.9 Å². The highest BCUT2D eigenvalue weighted by molar-refractivity contribution is 7.97. The zero-order valence-corrected chi connectivity index (χ0v) is 25.0. The van der Waals surface area contributed by atoms with Crippen LogP contribution in [-0.2, 0) is 6.61 Å². The third-order valence-corrected chi connectivity index (χ3v) is 6.70. The van der Waals surface area contributed by atoms with Crippen LogP contribution in [-0.4, -0.2) is 67.5 Å². The van der Waals surface area contributed by atoms with Gasteiger partial charge in [0.15, 0.2) is 11.5 Å². The van der Waals surface area contributed by atoms with Gasteiger partial charge >= 0.3 is 0 Å². The summed E-state index contributed by atoms with van der Waals surface area (Å²) < 4.78 is 11.4. The maximum Gasteiger partial charge on any atom is 0.162 e. The summed E-state index contributed by atoms with van der Waals surface area (Å²) in [6, 6.07) is 6.99. The molecule has 4 rings (SSSR count). The van der Waals surface area contributed by atoms with Gasteiger partial charge in [-0.1, -0.05) is 23.2 Å². The van der Waals surface area contributed by atoms with E-state index in [0.29, 0.717) is 74.9 Å². The van der Waals surface area contributed by atoms with Crippen molar-refractivity contribution >= 4 is 52.2 Å². The standard InChI is InChI=1S/C25H26Cl2N8O2.C2H6S/c1-32-11-25(31)12-35(13-25)24-14(6-28)3-15(7-34-24)23(30)16-4-22(21(36-2)5-20(16)29)37-10-17-18(26)8-33-9-19(17)27;1-3-2/h3-5,7-9,30,32H,10-13,29,31H2,1-2H3;1-2H3. The largest absolute Gasteiger partial charge is 0.493 e. The average Bonchev–Trinajstić information content (AvgIpc) is 2.91. The lowest BCUT2D eigenvalue weighted by atomic mass is 9.90. The Morgan fingerprint density at radius 2 is 1.85 bits per heavy atom. The number of hydrogen-bond donors (Lipinski definition) is 4. The van der Waals surface area contributed by atoms with Crippen LogP contribution >= 0.6 is 35.0 Å². The maximum atomic E-state index is 9.77. The third kappa shape index (κ3) is 7.08. The molecule has 0 bridgehead atoms. The third-order valence-electron chi connectivity index (χ3n) is 6.05. The summed E-state index contributed by atoms with van der Waals surface area (Å²) in [6.45, 7) is 1.86. The van der Waals surface area contributed by atoms with E-state index in [1.165, 1.54) is 19.5 Å². The Morgan fingerprint density at radius 1 is 1.20 bits per heavy atom. The molecule has 0 spiro atoms. The molecule has 2 aromatic heterocycles. The van der Waals surface area contributed by atoms with Crippen molar-refractivity contribution in [1.29, 1.82) is 10.7 Å². The number of likely N-dealkylation sites (N-methyl/N-ethyl adjacent to an activating group) is 1. The number of nitrogens with one attached hydrogen (secondary N) is 2. The summed E-state index contributed by atoms with van der Waals surface area (Å²) in [5, 5.41) is 22.4. The highest BCUT2D eigenvalue weighted by Crippen LogP contribution is 2.35. The molecule has 212 valence electrons. The first-order chi connectivity index (χ1) is 19.1. The van der Waals surface area contributed by atoms with E-state index < -0.39 is 0 Å². The van der Waals surface area contributed by atoms with Crippen molar-refractivity contribution in [3.8, 4) is 17.6 Å². The van der Waals surface area contributed by atoms with Crippen LogP contribution in [0.25, 0.3) is 0 Å². The SMILES string of the molecule is CNCC1(N)CN(c2ncc(C(=N)c3cc(OCc4c(Cl)cncc4Cl)c(OC)cc3N)cc2C#N)C1.CSC. The van der Waals surface area contributed by atoms with E-state index >= 15 is 0 Å². The quantitative estimate of drug-likeness (QED) is 0.208. The lowest BCUT2D eigenvalue weighted by molar-refractivity contribution is 0.284. The van der Waals surface area contributed by atoms with Gasteiger partial charge in [-0.15, -0.1) is 0 Å². The van der Waals surface area contributed by atoms with Gasteiger partial charge in [0.05, 0.1) is 34.0 Å². The zero-order valence-electron chi connectivity index (χ0n) is 22.7. The highest BCUT2D eigenvalue weighted by atomic mass is 35.5. The number of pyridine rings is 2. The van der Waals surface area contributed by atoms with Crippen LogP contribution in [0.15, 0.2) is 36.8 Å². The topological polar surface area (TPSA) is 159 Å². The molecule has 0 aliphatic carbocycles. The van der Waals surface area contributed by atoms with Gasteiger partial charge in [0.2, 0.25) is 0 Å². The molecule has 1 aliphatic rings. The summed E-state index contributed by atoms with van der Waals surface area (Å²) in [5.74, 6) is 1.26. The van der Waals surface area contributed by atoms with E-state index in [9.17, 15) is 5.26 Å². The predicted octanol–water partition coefficient (Wildman–Crippen LogP) is 3.96. The minimum atomic E-state index is -0.368. The van der Waals surface area contributed by atoms with Gasteiger partial charge < -0.3 is 31.2 Å². The van der Waals surface area contributed by atoms with E-state index in [1.807, 2.05) is 24.5 Å². The Hall–Kier alpha value is -3.27. The predicted molar refractivity (Wildman–Crippen MR) is 163 cm³/mol. The minimum Gasteiger partial charge on any atom is -0.493 e. The number of nitrogens with two attached hydrogens (primary N) is 2. The van der Waals surface area contributed by atoms with Gasteiger partial charge in [-0.05, 0) is 31.7 Å². The van der Waals surface area contributed by atoms with Crippen molar-refractivity contribution in [3.05, 3.63) is 69.1 Å². The minimum absolute atomic E-state index is 0.0497. The first-order valence-corrected chi connectivity index (χ1v) is 14.5. The molecule has 40 heavy (non-hydrogen) atoms. The van der Waals surface area contributed by atoms with Crippen LogP contribution in [0.2, 0.25) is 10.0 Å². The summed E-state index contributed by atoms with van der Waals surface area (Å²) in [4.78, 5) is 10.4. The number of methoxy groups -OCH3 is 1. The number of nitrogen functional groups attached to an aromatic ring is 1. The van der Waals surface area contributed by atoms with Crippen molar-refractivity contribution < 1.29 is 9.47 Å². The molecule has 1 saturated heterocycles. The van der Waals surface area contributed by atoms with Gasteiger partial charge in [-0.25, -0.2) is 4.98 Å². The summed E-state index contributed by atoms with van der Waals surface area (Å²) in [5.41, 5.74) is 14.3. The van der Waals surface area contributed by atoms with Gasteiger partial charge in [0, 0.05) is 66.7 Å². The van der Waals surface area contributed by atoms with Crippen LogP contribution in [0.3, 0.4) is 0 Å². The van der Waals surface area contributed by atoms with Crippen LogP contribution in [0, 0.1) is 16.7 Å². The Labute approximate surface area is 248 Å². The number of nitriles is 1. The molecule has 6 N–H and O–H groups in total. The Morgan fingerprint density at radius 3 is 2.42 bits per heavy atom. The monoisotopic (exact) mass is 602 g/mol. The lowest BCUT2D eigenvalue weighted by Crippen LogP contribution is -2.71. The second-order valence-corrected chi connectivity index (χ2v) is 10.8. The second-order valence-electron chi connectivity index (χ2n) is 9.20. The number of thioether (sulfide) groups is 1. The molecule has 0 radical (unpaired) electrons. The number of rotatable bonds is 9. The second kappa shape index (κ2) is 13.9. The normalized spacial score (nSPS) is 13.4. The molecule has 0 unspecified atom stereocenters. The smallest absolute Gasteiger partial charge is 0.162 e. The first kappa shape index (κ1) is 31.3. The molecule has 3 aromatic rings. The van der Waals surface area contributed by atoms with Crippen LogP contribution in [0.1, 0.15) is 22.3 Å².